The van der Waals surface area contributed by atoms with Gasteiger partial charge in [-0.1, -0.05) is 35.9 Å². The van der Waals surface area contributed by atoms with Gasteiger partial charge in [0.2, 0.25) is 0 Å². The second-order valence-electron chi connectivity index (χ2n) is 5.37. The van der Waals surface area contributed by atoms with Gasteiger partial charge in [0.1, 0.15) is 0 Å². The van der Waals surface area contributed by atoms with E-state index in [4.69, 9.17) is 11.6 Å². The van der Waals surface area contributed by atoms with Crippen LogP contribution in [0.15, 0.2) is 72.1 Å². The van der Waals surface area contributed by atoms with Gasteiger partial charge in [-0.05, 0) is 42.8 Å². The molecule has 24 heavy (non-hydrogen) atoms. The van der Waals surface area contributed by atoms with Crippen molar-refractivity contribution in [3.63, 3.8) is 0 Å². The second-order valence-corrected chi connectivity index (χ2v) is 5.78. The van der Waals surface area contributed by atoms with Crippen molar-refractivity contribution in [1.82, 2.24) is 9.99 Å². The summed E-state index contributed by atoms with van der Waals surface area (Å²) < 4.78 is 1.99. The lowest BCUT2D eigenvalue weighted by atomic mass is 10.1. The molecular weight excluding hydrogens is 322 g/mol. The summed E-state index contributed by atoms with van der Waals surface area (Å²) >= 11 is 6.08. The Kier molecular flexibility index (Phi) is 4.77. The van der Waals surface area contributed by atoms with Crippen molar-refractivity contribution in [2.24, 2.45) is 5.10 Å². The average Bonchev–Trinajstić information content (AvgIpc) is 3.04. The van der Waals surface area contributed by atoms with Crippen LogP contribution in [-0.2, 0) is 0 Å². The highest BCUT2D eigenvalue weighted by Crippen LogP contribution is 2.17. The van der Waals surface area contributed by atoms with Gasteiger partial charge in [-0.3, -0.25) is 4.79 Å². The van der Waals surface area contributed by atoms with Crippen LogP contribution in [0.25, 0.3) is 5.69 Å². The fourth-order valence-corrected chi connectivity index (χ4v) is 2.60. The number of rotatable bonds is 4. The molecule has 1 aromatic heterocycles. The lowest BCUT2D eigenvalue weighted by Crippen LogP contribution is -2.18. The quantitative estimate of drug-likeness (QED) is 0.562. The molecule has 0 aliphatic heterocycles. The minimum absolute atomic E-state index is 0.334. The first-order chi connectivity index (χ1) is 11.6. The number of halogens is 1. The maximum Gasteiger partial charge on any atom is 0.272 e. The van der Waals surface area contributed by atoms with Gasteiger partial charge in [0, 0.05) is 23.6 Å². The highest BCUT2D eigenvalue weighted by molar-refractivity contribution is 6.33. The third kappa shape index (κ3) is 3.73. The molecule has 1 heterocycles. The van der Waals surface area contributed by atoms with Crippen LogP contribution < -0.4 is 5.43 Å². The Morgan fingerprint density at radius 3 is 2.71 bits per heavy atom. The van der Waals surface area contributed by atoms with E-state index in [0.29, 0.717) is 10.6 Å². The SMILES string of the molecule is Cc1ccc(C(=O)N/N=C\c2ccn(-c3ccccc3)c2)c(Cl)c1. The fraction of sp³-hybridized carbons (Fsp3) is 0.0526. The molecule has 2 aromatic carbocycles. The van der Waals surface area contributed by atoms with Gasteiger partial charge in [-0.15, -0.1) is 0 Å². The molecule has 4 nitrogen and oxygen atoms in total. The molecule has 120 valence electrons. The smallest absolute Gasteiger partial charge is 0.272 e. The Morgan fingerprint density at radius 2 is 1.96 bits per heavy atom. The summed E-state index contributed by atoms with van der Waals surface area (Å²) in [5.41, 5.74) is 5.85. The zero-order valence-electron chi connectivity index (χ0n) is 13.1. The molecule has 0 bridgehead atoms. The number of hydrazone groups is 1. The Balaban J connectivity index is 1.66. The molecule has 0 fully saturated rings. The van der Waals surface area contributed by atoms with E-state index >= 15 is 0 Å². The van der Waals surface area contributed by atoms with Crippen molar-refractivity contribution in [3.05, 3.63) is 88.7 Å². The number of aromatic nitrogens is 1. The van der Waals surface area contributed by atoms with Crippen LogP contribution in [0.4, 0.5) is 0 Å². The lowest BCUT2D eigenvalue weighted by molar-refractivity contribution is 0.0955. The van der Waals surface area contributed by atoms with Crippen LogP contribution in [0.1, 0.15) is 21.5 Å². The maximum atomic E-state index is 12.1. The second kappa shape index (κ2) is 7.15. The normalized spacial score (nSPS) is 10.9. The van der Waals surface area contributed by atoms with Gasteiger partial charge >= 0.3 is 0 Å². The van der Waals surface area contributed by atoms with E-state index in [-0.39, 0.29) is 5.91 Å². The van der Waals surface area contributed by atoms with Crippen LogP contribution in [0, 0.1) is 6.92 Å². The fourth-order valence-electron chi connectivity index (χ4n) is 2.28. The Morgan fingerprint density at radius 1 is 1.17 bits per heavy atom. The number of carbonyl (C=O) groups excluding carboxylic acids is 1. The lowest BCUT2D eigenvalue weighted by Gasteiger charge is -2.03. The molecule has 5 heteroatoms. The number of aryl methyl sites for hydroxylation is 1. The average molecular weight is 338 g/mol. The summed E-state index contributed by atoms with van der Waals surface area (Å²) in [5.74, 6) is -0.334. The largest absolute Gasteiger partial charge is 0.323 e. The molecule has 0 unspecified atom stereocenters. The zero-order valence-corrected chi connectivity index (χ0v) is 13.9. The molecule has 3 aromatic rings. The third-order valence-electron chi connectivity index (χ3n) is 3.52. The molecule has 0 atom stereocenters. The molecule has 0 saturated heterocycles. The molecule has 3 rings (SSSR count). The topological polar surface area (TPSA) is 46.4 Å². The van der Waals surface area contributed by atoms with Crippen molar-refractivity contribution in [1.29, 1.82) is 0 Å². The molecule has 0 radical (unpaired) electrons. The van der Waals surface area contributed by atoms with E-state index in [1.165, 1.54) is 0 Å². The summed E-state index contributed by atoms with van der Waals surface area (Å²) in [4.78, 5) is 12.1. The van der Waals surface area contributed by atoms with Crippen LogP contribution in [-0.4, -0.2) is 16.7 Å². The van der Waals surface area contributed by atoms with Gasteiger partial charge in [0.05, 0.1) is 16.8 Å². The van der Waals surface area contributed by atoms with Crippen molar-refractivity contribution >= 4 is 23.7 Å². The first-order valence-electron chi connectivity index (χ1n) is 7.46. The number of amides is 1. The van der Waals surface area contributed by atoms with Crippen LogP contribution in [0.2, 0.25) is 5.02 Å². The first kappa shape index (κ1) is 16.0. The maximum absolute atomic E-state index is 12.1. The zero-order chi connectivity index (χ0) is 16.9. The van der Waals surface area contributed by atoms with E-state index in [9.17, 15) is 4.79 Å². The molecule has 1 N–H and O–H groups in total. The minimum Gasteiger partial charge on any atom is -0.323 e. The molecule has 0 aliphatic rings. The van der Waals surface area contributed by atoms with E-state index < -0.39 is 0 Å². The third-order valence-corrected chi connectivity index (χ3v) is 3.83. The van der Waals surface area contributed by atoms with Crippen LogP contribution in [0.5, 0.6) is 0 Å². The van der Waals surface area contributed by atoms with Crippen molar-refractivity contribution in [2.75, 3.05) is 0 Å². The Bertz CT molecular complexity index is 885. The number of para-hydroxylation sites is 1. The van der Waals surface area contributed by atoms with Gasteiger partial charge < -0.3 is 4.57 Å². The summed E-state index contributed by atoms with van der Waals surface area (Å²) in [6, 6.07) is 17.2. The monoisotopic (exact) mass is 337 g/mol. The number of nitrogens with zero attached hydrogens (tertiary/aromatic N) is 2. The molecule has 1 amide bonds. The summed E-state index contributed by atoms with van der Waals surface area (Å²) in [6.07, 6.45) is 5.47. The molecule has 0 spiro atoms. The highest BCUT2D eigenvalue weighted by Gasteiger charge is 2.09. The predicted octanol–water partition coefficient (Wildman–Crippen LogP) is 4.20. The highest BCUT2D eigenvalue weighted by atomic mass is 35.5. The van der Waals surface area contributed by atoms with Gasteiger partial charge in [0.25, 0.3) is 5.91 Å². The summed E-state index contributed by atoms with van der Waals surface area (Å²) in [5, 5.41) is 4.41. The van der Waals surface area contributed by atoms with Crippen molar-refractivity contribution in [3.8, 4) is 5.69 Å². The van der Waals surface area contributed by atoms with E-state index in [2.05, 4.69) is 10.5 Å². The first-order valence-corrected chi connectivity index (χ1v) is 7.84. The van der Waals surface area contributed by atoms with Gasteiger partial charge in [-0.2, -0.15) is 5.10 Å². The van der Waals surface area contributed by atoms with Crippen molar-refractivity contribution in [2.45, 2.75) is 6.92 Å². The van der Waals surface area contributed by atoms with Crippen molar-refractivity contribution < 1.29 is 4.79 Å². The Labute approximate surface area is 145 Å². The number of carbonyl (C=O) groups is 1. The van der Waals surface area contributed by atoms with Crippen LogP contribution >= 0.6 is 11.6 Å². The number of hydrogen-bond donors (Lipinski definition) is 1. The number of nitrogens with one attached hydrogen (secondary N) is 1. The minimum atomic E-state index is -0.334. The van der Waals surface area contributed by atoms with Crippen LogP contribution in [0.3, 0.4) is 0 Å². The standard InChI is InChI=1S/C19H16ClN3O/c1-14-7-8-17(18(20)11-14)19(24)22-21-12-15-9-10-23(13-15)16-5-3-2-4-6-16/h2-13H,1H3,(H,22,24)/b21-12-. The number of hydrogen-bond acceptors (Lipinski definition) is 2. The van der Waals surface area contributed by atoms with E-state index in [1.54, 1.807) is 18.3 Å². The van der Waals surface area contributed by atoms with Gasteiger partial charge in [-0.25, -0.2) is 5.43 Å². The molecular formula is C19H16ClN3O. The van der Waals surface area contributed by atoms with E-state index in [1.807, 2.05) is 66.3 Å². The number of benzene rings is 2. The molecule has 0 saturated carbocycles. The summed E-state index contributed by atoms with van der Waals surface area (Å²) in [6.45, 7) is 1.92. The molecule has 0 aliphatic carbocycles. The Hall–Kier alpha value is -2.85. The van der Waals surface area contributed by atoms with E-state index in [0.717, 1.165) is 16.8 Å². The van der Waals surface area contributed by atoms with Gasteiger partial charge in [0.15, 0.2) is 0 Å². The predicted molar refractivity (Wildman–Crippen MR) is 97.0 cm³/mol. The summed E-state index contributed by atoms with van der Waals surface area (Å²) in [7, 11) is 0.